The summed E-state index contributed by atoms with van der Waals surface area (Å²) in [6, 6.07) is 0. The Morgan fingerprint density at radius 2 is 2.12 bits per heavy atom. The van der Waals surface area contributed by atoms with E-state index in [1.54, 1.807) is 0 Å². The van der Waals surface area contributed by atoms with Gasteiger partial charge in [0.25, 0.3) is 5.95 Å². The van der Waals surface area contributed by atoms with Crippen LogP contribution in [0.25, 0.3) is 0 Å². The van der Waals surface area contributed by atoms with Crippen LogP contribution in [0.5, 0.6) is 0 Å². The second-order valence-corrected chi connectivity index (χ2v) is 4.32. The molecule has 1 aliphatic rings. The second kappa shape index (κ2) is 5.30. The molecule has 2 heterocycles. The molecule has 1 saturated heterocycles. The Morgan fingerprint density at radius 3 is 2.75 bits per heavy atom. The van der Waals surface area contributed by atoms with Gasteiger partial charge in [0.05, 0.1) is 5.92 Å². The van der Waals surface area contributed by atoms with Crippen LogP contribution in [0.15, 0.2) is 4.52 Å². The van der Waals surface area contributed by atoms with Gasteiger partial charge in [-0.15, -0.1) is 0 Å². The molecule has 0 bridgehead atoms. The Bertz CT molecular complexity index is 316. The van der Waals surface area contributed by atoms with Gasteiger partial charge in [0.15, 0.2) is 0 Å². The molecule has 2 N–H and O–H groups in total. The summed E-state index contributed by atoms with van der Waals surface area (Å²) < 4.78 is 5.28. The van der Waals surface area contributed by atoms with Crippen molar-refractivity contribution >= 4 is 5.95 Å². The summed E-state index contributed by atoms with van der Waals surface area (Å²) in [5.41, 5.74) is 5.66. The lowest BCUT2D eigenvalue weighted by Crippen LogP contribution is -2.30. The van der Waals surface area contributed by atoms with Gasteiger partial charge < -0.3 is 15.2 Å². The van der Waals surface area contributed by atoms with Gasteiger partial charge >= 0.3 is 0 Å². The average Bonchev–Trinajstić information content (AvgIpc) is 2.81. The maximum Gasteiger partial charge on any atom is 0.266 e. The van der Waals surface area contributed by atoms with Crippen LogP contribution in [-0.2, 0) is 0 Å². The highest BCUT2D eigenvalue weighted by atomic mass is 16.5. The summed E-state index contributed by atoms with van der Waals surface area (Å²) in [7, 11) is 0. The van der Waals surface area contributed by atoms with E-state index < -0.39 is 0 Å². The minimum atomic E-state index is 0.200. The predicted molar refractivity (Wildman–Crippen MR) is 62.4 cm³/mol. The highest BCUT2D eigenvalue weighted by Crippen LogP contribution is 2.21. The maximum absolute atomic E-state index is 5.66. The van der Waals surface area contributed by atoms with Crippen LogP contribution in [0.3, 0.4) is 0 Å². The molecule has 0 amide bonds. The molecule has 2 rings (SSSR count). The van der Waals surface area contributed by atoms with E-state index in [2.05, 4.69) is 22.0 Å². The quantitative estimate of drug-likeness (QED) is 0.839. The molecule has 1 atom stereocenters. The van der Waals surface area contributed by atoms with E-state index in [1.807, 2.05) is 0 Å². The lowest BCUT2D eigenvalue weighted by atomic mass is 10.1. The fourth-order valence-electron chi connectivity index (χ4n) is 2.06. The highest BCUT2D eigenvalue weighted by Gasteiger charge is 2.20. The molecule has 0 radical (unpaired) electrons. The summed E-state index contributed by atoms with van der Waals surface area (Å²) in [6.45, 7) is 4.73. The van der Waals surface area contributed by atoms with E-state index in [9.17, 15) is 0 Å². The molecule has 1 fully saturated rings. The standard InChI is InChI=1S/C11H20N4O/c1-2-9(8-12)10-13-11(14-16-10)15-6-4-3-5-7-15/h9H,2-8,12H2,1H3. The molecule has 16 heavy (non-hydrogen) atoms. The number of aromatic nitrogens is 2. The lowest BCUT2D eigenvalue weighted by Gasteiger charge is -2.24. The van der Waals surface area contributed by atoms with Gasteiger partial charge in [0.2, 0.25) is 5.89 Å². The fourth-order valence-corrected chi connectivity index (χ4v) is 2.06. The van der Waals surface area contributed by atoms with Crippen molar-refractivity contribution in [3.8, 4) is 0 Å². The number of piperidine rings is 1. The molecule has 0 aliphatic carbocycles. The normalized spacial score (nSPS) is 18.8. The SMILES string of the molecule is CCC(CN)c1nc(N2CCCCC2)no1. The van der Waals surface area contributed by atoms with Crippen molar-refractivity contribution in [2.24, 2.45) is 5.73 Å². The van der Waals surface area contributed by atoms with E-state index in [0.717, 1.165) is 25.5 Å². The molecule has 0 aromatic carbocycles. The van der Waals surface area contributed by atoms with Gasteiger partial charge in [-0.25, -0.2) is 0 Å². The van der Waals surface area contributed by atoms with Gasteiger partial charge in [-0.2, -0.15) is 4.98 Å². The van der Waals surface area contributed by atoms with Crippen molar-refractivity contribution in [1.82, 2.24) is 10.1 Å². The minimum absolute atomic E-state index is 0.200. The molecule has 5 heteroatoms. The number of hydrogen-bond acceptors (Lipinski definition) is 5. The first-order chi connectivity index (χ1) is 7.85. The number of anilines is 1. The third-order valence-corrected chi connectivity index (χ3v) is 3.20. The zero-order valence-corrected chi connectivity index (χ0v) is 9.85. The summed E-state index contributed by atoms with van der Waals surface area (Å²) in [4.78, 5) is 6.64. The van der Waals surface area contributed by atoms with Crippen LogP contribution in [0.2, 0.25) is 0 Å². The molecular formula is C11H20N4O. The Morgan fingerprint density at radius 1 is 1.38 bits per heavy atom. The first kappa shape index (κ1) is 11.4. The summed E-state index contributed by atoms with van der Waals surface area (Å²) in [5, 5.41) is 4.04. The lowest BCUT2D eigenvalue weighted by molar-refractivity contribution is 0.350. The number of rotatable bonds is 4. The zero-order valence-electron chi connectivity index (χ0n) is 9.85. The molecule has 0 saturated carbocycles. The molecule has 90 valence electrons. The molecular weight excluding hydrogens is 204 g/mol. The molecule has 1 aliphatic heterocycles. The van der Waals surface area contributed by atoms with Crippen LogP contribution in [0.1, 0.15) is 44.4 Å². The fraction of sp³-hybridized carbons (Fsp3) is 0.818. The topological polar surface area (TPSA) is 68.2 Å². The first-order valence-electron chi connectivity index (χ1n) is 6.13. The van der Waals surface area contributed by atoms with Gasteiger partial charge in [0, 0.05) is 19.6 Å². The summed E-state index contributed by atoms with van der Waals surface area (Å²) in [6.07, 6.45) is 4.69. The molecule has 1 unspecified atom stereocenters. The van der Waals surface area contributed by atoms with Crippen molar-refractivity contribution in [2.75, 3.05) is 24.5 Å². The van der Waals surface area contributed by atoms with Crippen molar-refractivity contribution in [1.29, 1.82) is 0 Å². The van der Waals surface area contributed by atoms with Crippen LogP contribution in [0, 0.1) is 0 Å². The van der Waals surface area contributed by atoms with Crippen molar-refractivity contribution in [2.45, 2.75) is 38.5 Å². The molecule has 1 aromatic rings. The third-order valence-electron chi connectivity index (χ3n) is 3.20. The van der Waals surface area contributed by atoms with Crippen LogP contribution in [-0.4, -0.2) is 29.8 Å². The maximum atomic E-state index is 5.66. The van der Waals surface area contributed by atoms with Crippen LogP contribution < -0.4 is 10.6 Å². The number of nitrogens with zero attached hydrogens (tertiary/aromatic N) is 3. The summed E-state index contributed by atoms with van der Waals surface area (Å²) in [5.74, 6) is 1.62. The average molecular weight is 224 g/mol. The Kier molecular flexibility index (Phi) is 3.77. The highest BCUT2D eigenvalue weighted by molar-refractivity contribution is 5.28. The van der Waals surface area contributed by atoms with Crippen molar-refractivity contribution in [3.63, 3.8) is 0 Å². The predicted octanol–water partition coefficient (Wildman–Crippen LogP) is 1.51. The number of nitrogens with two attached hydrogens (primary N) is 1. The van der Waals surface area contributed by atoms with Crippen LogP contribution >= 0.6 is 0 Å². The Labute approximate surface area is 96.0 Å². The Balaban J connectivity index is 2.05. The van der Waals surface area contributed by atoms with Gasteiger partial charge in [-0.05, 0) is 30.8 Å². The molecule has 0 spiro atoms. The van der Waals surface area contributed by atoms with Gasteiger partial charge in [0.1, 0.15) is 0 Å². The number of hydrogen-bond donors (Lipinski definition) is 1. The Hall–Kier alpha value is -1.10. The molecule has 5 nitrogen and oxygen atoms in total. The first-order valence-corrected chi connectivity index (χ1v) is 6.13. The van der Waals surface area contributed by atoms with Crippen molar-refractivity contribution in [3.05, 3.63) is 5.89 Å². The monoisotopic (exact) mass is 224 g/mol. The minimum Gasteiger partial charge on any atom is -0.338 e. The molecule has 1 aromatic heterocycles. The van der Waals surface area contributed by atoms with Gasteiger partial charge in [-0.3, -0.25) is 0 Å². The second-order valence-electron chi connectivity index (χ2n) is 4.32. The largest absolute Gasteiger partial charge is 0.338 e. The van der Waals surface area contributed by atoms with E-state index in [1.165, 1.54) is 19.3 Å². The van der Waals surface area contributed by atoms with E-state index in [-0.39, 0.29) is 5.92 Å². The van der Waals surface area contributed by atoms with E-state index >= 15 is 0 Å². The van der Waals surface area contributed by atoms with Crippen LogP contribution in [0.4, 0.5) is 5.95 Å². The van der Waals surface area contributed by atoms with E-state index in [0.29, 0.717) is 12.4 Å². The third kappa shape index (κ3) is 2.35. The van der Waals surface area contributed by atoms with Crippen molar-refractivity contribution < 1.29 is 4.52 Å². The summed E-state index contributed by atoms with van der Waals surface area (Å²) >= 11 is 0. The van der Waals surface area contributed by atoms with E-state index in [4.69, 9.17) is 10.3 Å². The zero-order chi connectivity index (χ0) is 11.4. The van der Waals surface area contributed by atoms with Gasteiger partial charge in [-0.1, -0.05) is 6.92 Å². The smallest absolute Gasteiger partial charge is 0.266 e.